The third-order valence-corrected chi connectivity index (χ3v) is 2.47. The van der Waals surface area contributed by atoms with Crippen LogP contribution in [0, 0.1) is 12.3 Å². The Labute approximate surface area is 112 Å². The minimum atomic E-state index is -0.963. The van der Waals surface area contributed by atoms with Crippen LogP contribution in [0.2, 0.25) is 0 Å². The van der Waals surface area contributed by atoms with Crippen molar-refractivity contribution in [2.75, 3.05) is 6.54 Å². The molecule has 0 bridgehead atoms. The van der Waals surface area contributed by atoms with Crippen molar-refractivity contribution in [1.29, 1.82) is 0 Å². The van der Waals surface area contributed by atoms with E-state index < -0.39 is 5.97 Å². The lowest BCUT2D eigenvalue weighted by Crippen LogP contribution is -2.40. The van der Waals surface area contributed by atoms with Gasteiger partial charge in [-0.25, -0.2) is 9.59 Å². The first kappa shape index (κ1) is 14.6. The number of nitrogens with one attached hydrogen (secondary N) is 2. The maximum absolute atomic E-state index is 11.4. The van der Waals surface area contributed by atoms with E-state index in [4.69, 9.17) is 11.5 Å². The summed E-state index contributed by atoms with van der Waals surface area (Å²) in [6.07, 6.45) is 5.69. The molecule has 0 fully saturated rings. The van der Waals surface area contributed by atoms with E-state index in [0.29, 0.717) is 13.0 Å². The number of carboxylic acid groups (broad SMARTS) is 1. The smallest absolute Gasteiger partial charge is 0.335 e. The van der Waals surface area contributed by atoms with Gasteiger partial charge in [0.1, 0.15) is 0 Å². The average Bonchev–Trinajstić information content (AvgIpc) is 2.38. The van der Waals surface area contributed by atoms with Gasteiger partial charge in [-0.3, -0.25) is 0 Å². The van der Waals surface area contributed by atoms with Crippen molar-refractivity contribution in [2.45, 2.75) is 19.4 Å². The van der Waals surface area contributed by atoms with Crippen LogP contribution in [0.1, 0.15) is 22.8 Å². The Kier molecular flexibility index (Phi) is 5.42. The zero-order valence-corrected chi connectivity index (χ0v) is 10.6. The molecule has 1 aromatic rings. The molecule has 0 saturated heterocycles. The van der Waals surface area contributed by atoms with Gasteiger partial charge in [0.05, 0.1) is 11.6 Å². The standard InChI is InChI=1S/C14H16N2O3/c1-3-10(2)16-14(19)15-8-7-11-5-4-6-12(9-11)13(17)18/h1,4-6,9-10H,7-8H2,2H3,(H,17,18)(H2,15,16,19). The summed E-state index contributed by atoms with van der Waals surface area (Å²) in [5.41, 5.74) is 1.09. The molecule has 5 nitrogen and oxygen atoms in total. The lowest BCUT2D eigenvalue weighted by Gasteiger charge is -2.09. The maximum atomic E-state index is 11.4. The number of terminal acetylenes is 1. The zero-order valence-electron chi connectivity index (χ0n) is 10.6. The Bertz CT molecular complexity index is 506. The molecule has 1 atom stereocenters. The first-order valence-electron chi connectivity index (χ1n) is 5.85. The largest absolute Gasteiger partial charge is 0.478 e. The molecule has 0 aromatic heterocycles. The van der Waals surface area contributed by atoms with Crippen molar-refractivity contribution >= 4 is 12.0 Å². The molecule has 3 N–H and O–H groups in total. The van der Waals surface area contributed by atoms with Crippen molar-refractivity contribution in [1.82, 2.24) is 10.6 Å². The second kappa shape index (κ2) is 7.07. The quantitative estimate of drug-likeness (QED) is 0.697. The molecule has 1 aromatic carbocycles. The summed E-state index contributed by atoms with van der Waals surface area (Å²) in [6.45, 7) is 2.11. The van der Waals surface area contributed by atoms with Crippen LogP contribution in [0.5, 0.6) is 0 Å². The zero-order chi connectivity index (χ0) is 14.3. The second-order valence-electron chi connectivity index (χ2n) is 4.04. The molecule has 0 heterocycles. The van der Waals surface area contributed by atoms with E-state index in [0.717, 1.165) is 5.56 Å². The average molecular weight is 260 g/mol. The molecule has 0 saturated carbocycles. The van der Waals surface area contributed by atoms with Crippen LogP contribution in [-0.4, -0.2) is 29.7 Å². The molecule has 1 unspecified atom stereocenters. The lowest BCUT2D eigenvalue weighted by molar-refractivity contribution is 0.0696. The molecule has 1 rings (SSSR count). The van der Waals surface area contributed by atoms with E-state index in [1.54, 1.807) is 19.1 Å². The summed E-state index contributed by atoms with van der Waals surface area (Å²) in [4.78, 5) is 22.2. The van der Waals surface area contributed by atoms with E-state index in [9.17, 15) is 9.59 Å². The first-order chi connectivity index (χ1) is 9.02. The van der Waals surface area contributed by atoms with Crippen molar-refractivity contribution in [3.8, 4) is 12.3 Å². The Hall–Kier alpha value is -2.48. The van der Waals surface area contributed by atoms with Crippen molar-refractivity contribution < 1.29 is 14.7 Å². The third kappa shape index (κ3) is 5.13. The predicted octanol–water partition coefficient (Wildman–Crippen LogP) is 1.25. The maximum Gasteiger partial charge on any atom is 0.335 e. The minimum Gasteiger partial charge on any atom is -0.478 e. The number of amides is 2. The molecule has 0 radical (unpaired) electrons. The molecule has 2 amide bonds. The summed E-state index contributed by atoms with van der Waals surface area (Å²) in [5.74, 6) is 1.42. The van der Waals surface area contributed by atoms with Gasteiger partial charge in [0, 0.05) is 6.54 Å². The van der Waals surface area contributed by atoms with Crippen LogP contribution in [0.25, 0.3) is 0 Å². The summed E-state index contributed by atoms with van der Waals surface area (Å²) >= 11 is 0. The Morgan fingerprint density at radius 3 is 2.84 bits per heavy atom. The monoisotopic (exact) mass is 260 g/mol. The summed E-state index contributed by atoms with van der Waals surface area (Å²) in [5, 5.41) is 14.1. The highest BCUT2D eigenvalue weighted by Gasteiger charge is 2.05. The number of hydrogen-bond acceptors (Lipinski definition) is 2. The summed E-state index contributed by atoms with van der Waals surface area (Å²) in [7, 11) is 0. The van der Waals surface area contributed by atoms with Crippen LogP contribution in [-0.2, 0) is 6.42 Å². The number of benzene rings is 1. The number of aromatic carboxylic acids is 1. The van der Waals surface area contributed by atoms with Crippen molar-refractivity contribution in [2.24, 2.45) is 0 Å². The van der Waals surface area contributed by atoms with Crippen molar-refractivity contribution in [3.63, 3.8) is 0 Å². The highest BCUT2D eigenvalue weighted by molar-refractivity contribution is 5.87. The van der Waals surface area contributed by atoms with E-state index in [1.807, 2.05) is 6.07 Å². The van der Waals surface area contributed by atoms with Gasteiger partial charge in [-0.1, -0.05) is 18.1 Å². The van der Waals surface area contributed by atoms with Crippen LogP contribution in [0.4, 0.5) is 4.79 Å². The van der Waals surface area contributed by atoms with Crippen LogP contribution in [0.15, 0.2) is 24.3 Å². The lowest BCUT2D eigenvalue weighted by atomic mass is 10.1. The third-order valence-electron chi connectivity index (χ3n) is 2.47. The van der Waals surface area contributed by atoms with Gasteiger partial charge in [-0.05, 0) is 31.0 Å². The topological polar surface area (TPSA) is 78.4 Å². The molecule has 19 heavy (non-hydrogen) atoms. The van der Waals surface area contributed by atoms with Crippen LogP contribution in [0.3, 0.4) is 0 Å². The molecule has 100 valence electrons. The molecular weight excluding hydrogens is 244 g/mol. The summed E-state index contributed by atoms with van der Waals surface area (Å²) in [6, 6.07) is 5.96. The van der Waals surface area contributed by atoms with Crippen LogP contribution >= 0.6 is 0 Å². The fourth-order valence-corrected chi connectivity index (χ4v) is 1.47. The van der Waals surface area contributed by atoms with Crippen LogP contribution < -0.4 is 10.6 Å². The number of carboxylic acids is 1. The molecule has 0 aliphatic carbocycles. The molecule has 0 spiro atoms. The van der Waals surface area contributed by atoms with Gasteiger partial charge in [0.25, 0.3) is 0 Å². The number of rotatable bonds is 5. The minimum absolute atomic E-state index is 0.239. The normalized spacial score (nSPS) is 11.2. The Morgan fingerprint density at radius 1 is 1.47 bits per heavy atom. The number of carbonyl (C=O) groups excluding carboxylic acids is 1. The van der Waals surface area contributed by atoms with Crippen molar-refractivity contribution in [3.05, 3.63) is 35.4 Å². The number of hydrogen-bond donors (Lipinski definition) is 3. The second-order valence-corrected chi connectivity index (χ2v) is 4.04. The van der Waals surface area contributed by atoms with Gasteiger partial charge in [0.15, 0.2) is 0 Å². The summed E-state index contributed by atoms with van der Waals surface area (Å²) < 4.78 is 0. The first-order valence-corrected chi connectivity index (χ1v) is 5.85. The highest BCUT2D eigenvalue weighted by atomic mass is 16.4. The molecule has 5 heteroatoms. The number of carbonyl (C=O) groups is 2. The van der Waals surface area contributed by atoms with Gasteiger partial charge in [-0.2, -0.15) is 0 Å². The molecule has 0 aliphatic rings. The highest BCUT2D eigenvalue weighted by Crippen LogP contribution is 2.05. The Balaban J connectivity index is 2.41. The fourth-order valence-electron chi connectivity index (χ4n) is 1.47. The van der Waals surface area contributed by atoms with E-state index >= 15 is 0 Å². The fraction of sp³-hybridized carbons (Fsp3) is 0.286. The van der Waals surface area contributed by atoms with Gasteiger partial charge >= 0.3 is 12.0 Å². The van der Waals surface area contributed by atoms with E-state index in [-0.39, 0.29) is 17.6 Å². The van der Waals surface area contributed by atoms with E-state index in [1.165, 1.54) is 6.07 Å². The number of urea groups is 1. The van der Waals surface area contributed by atoms with Gasteiger partial charge in [-0.15, -0.1) is 6.42 Å². The Morgan fingerprint density at radius 2 is 2.21 bits per heavy atom. The van der Waals surface area contributed by atoms with Gasteiger partial charge in [0.2, 0.25) is 0 Å². The molecular formula is C14H16N2O3. The van der Waals surface area contributed by atoms with E-state index in [2.05, 4.69) is 16.6 Å². The molecule has 0 aliphatic heterocycles. The predicted molar refractivity (Wildman–Crippen MR) is 71.9 cm³/mol. The SMILES string of the molecule is C#CC(C)NC(=O)NCCc1cccc(C(=O)O)c1. The van der Waals surface area contributed by atoms with Gasteiger partial charge < -0.3 is 15.7 Å².